The zero-order valence-electron chi connectivity index (χ0n) is 10.9. The van der Waals surface area contributed by atoms with Crippen molar-refractivity contribution in [2.45, 2.75) is 26.1 Å². The molecule has 0 saturated carbocycles. The van der Waals surface area contributed by atoms with Crippen LogP contribution in [0.4, 0.5) is 11.6 Å². The van der Waals surface area contributed by atoms with Gasteiger partial charge in [0.05, 0.1) is 11.8 Å². The lowest BCUT2D eigenvalue weighted by atomic mass is 10.1. The standard InChI is InChI=1S/C14H17N3O2/c1-9-8-12(13(19)10(2)18)17-14(15-9)16-11-6-4-3-5-7-11/h3-8,10,13,18-19H,1-2H3,(H,15,16,17). The highest BCUT2D eigenvalue weighted by Gasteiger charge is 2.16. The zero-order valence-corrected chi connectivity index (χ0v) is 10.9. The predicted octanol–water partition coefficient (Wildman–Crippen LogP) is 1.94. The van der Waals surface area contributed by atoms with Gasteiger partial charge in [0.1, 0.15) is 6.10 Å². The largest absolute Gasteiger partial charge is 0.390 e. The Bertz CT molecular complexity index is 544. The third-order valence-corrected chi connectivity index (χ3v) is 2.66. The Labute approximate surface area is 112 Å². The van der Waals surface area contributed by atoms with Crippen LogP contribution < -0.4 is 5.32 Å². The van der Waals surface area contributed by atoms with Crippen molar-refractivity contribution in [2.75, 3.05) is 5.32 Å². The molecule has 0 radical (unpaired) electrons. The monoisotopic (exact) mass is 259 g/mol. The number of rotatable bonds is 4. The van der Waals surface area contributed by atoms with Crippen LogP contribution in [-0.4, -0.2) is 26.3 Å². The summed E-state index contributed by atoms with van der Waals surface area (Å²) in [5.41, 5.74) is 2.00. The highest BCUT2D eigenvalue weighted by Crippen LogP contribution is 2.19. The number of aliphatic hydroxyl groups is 2. The van der Waals surface area contributed by atoms with Crippen molar-refractivity contribution < 1.29 is 10.2 Å². The van der Waals surface area contributed by atoms with E-state index in [0.29, 0.717) is 11.6 Å². The number of nitrogens with zero attached hydrogens (tertiary/aromatic N) is 2. The molecular weight excluding hydrogens is 242 g/mol. The molecule has 100 valence electrons. The Morgan fingerprint density at radius 1 is 1.11 bits per heavy atom. The molecule has 0 saturated heterocycles. The number of aromatic nitrogens is 2. The molecule has 5 heteroatoms. The molecule has 2 aromatic rings. The minimum atomic E-state index is -1.02. The lowest BCUT2D eigenvalue weighted by molar-refractivity contribution is 0.0278. The molecule has 0 aliphatic heterocycles. The van der Waals surface area contributed by atoms with Crippen LogP contribution in [0.5, 0.6) is 0 Å². The predicted molar refractivity (Wildman–Crippen MR) is 73.1 cm³/mol. The van der Waals surface area contributed by atoms with Gasteiger partial charge in [0.2, 0.25) is 5.95 Å². The molecule has 0 amide bonds. The van der Waals surface area contributed by atoms with Crippen molar-refractivity contribution in [3.63, 3.8) is 0 Å². The number of aryl methyl sites for hydroxylation is 1. The number of aliphatic hydroxyl groups excluding tert-OH is 2. The van der Waals surface area contributed by atoms with Crippen LogP contribution in [0.25, 0.3) is 0 Å². The maximum absolute atomic E-state index is 9.84. The summed E-state index contributed by atoms with van der Waals surface area (Å²) in [7, 11) is 0. The quantitative estimate of drug-likeness (QED) is 0.782. The van der Waals surface area contributed by atoms with E-state index in [0.717, 1.165) is 11.4 Å². The van der Waals surface area contributed by atoms with Gasteiger partial charge in [0.25, 0.3) is 0 Å². The summed E-state index contributed by atoms with van der Waals surface area (Å²) in [6, 6.07) is 11.2. The van der Waals surface area contributed by atoms with Crippen LogP contribution >= 0.6 is 0 Å². The maximum Gasteiger partial charge on any atom is 0.227 e. The van der Waals surface area contributed by atoms with E-state index in [2.05, 4.69) is 15.3 Å². The molecule has 0 aliphatic carbocycles. The first-order chi connectivity index (χ1) is 9.06. The lowest BCUT2D eigenvalue weighted by Crippen LogP contribution is -2.16. The Balaban J connectivity index is 2.27. The van der Waals surface area contributed by atoms with Crippen LogP contribution in [0.15, 0.2) is 36.4 Å². The maximum atomic E-state index is 9.84. The fraction of sp³-hybridized carbons (Fsp3) is 0.286. The van der Waals surface area contributed by atoms with E-state index in [1.54, 1.807) is 6.07 Å². The molecule has 0 bridgehead atoms. The van der Waals surface area contributed by atoms with Crippen LogP contribution in [0.3, 0.4) is 0 Å². The third kappa shape index (κ3) is 3.49. The van der Waals surface area contributed by atoms with Crippen LogP contribution in [-0.2, 0) is 0 Å². The number of para-hydroxylation sites is 1. The van der Waals surface area contributed by atoms with E-state index in [9.17, 15) is 10.2 Å². The van der Waals surface area contributed by atoms with E-state index in [4.69, 9.17) is 0 Å². The molecule has 2 rings (SSSR count). The molecule has 0 aliphatic rings. The number of anilines is 2. The average Bonchev–Trinajstić information content (AvgIpc) is 2.38. The normalized spacial score (nSPS) is 13.9. The van der Waals surface area contributed by atoms with Gasteiger partial charge in [-0.05, 0) is 32.0 Å². The summed E-state index contributed by atoms with van der Waals surface area (Å²) in [5.74, 6) is 0.404. The molecule has 1 heterocycles. The molecule has 3 N–H and O–H groups in total. The molecular formula is C14H17N3O2. The van der Waals surface area contributed by atoms with Crippen LogP contribution in [0.2, 0.25) is 0 Å². The Morgan fingerprint density at radius 2 is 1.79 bits per heavy atom. The van der Waals surface area contributed by atoms with Gasteiger partial charge in [-0.2, -0.15) is 0 Å². The number of benzene rings is 1. The van der Waals surface area contributed by atoms with Gasteiger partial charge >= 0.3 is 0 Å². The first-order valence-corrected chi connectivity index (χ1v) is 6.10. The summed E-state index contributed by atoms with van der Waals surface area (Å²) in [6.07, 6.45) is -1.89. The van der Waals surface area contributed by atoms with Gasteiger partial charge in [0.15, 0.2) is 0 Å². The lowest BCUT2D eigenvalue weighted by Gasteiger charge is -2.14. The van der Waals surface area contributed by atoms with E-state index in [1.165, 1.54) is 6.92 Å². The van der Waals surface area contributed by atoms with Gasteiger partial charge < -0.3 is 15.5 Å². The molecule has 5 nitrogen and oxygen atoms in total. The first-order valence-electron chi connectivity index (χ1n) is 6.10. The molecule has 2 unspecified atom stereocenters. The van der Waals surface area contributed by atoms with E-state index in [-0.39, 0.29) is 0 Å². The smallest absolute Gasteiger partial charge is 0.227 e. The topological polar surface area (TPSA) is 78.3 Å². The van der Waals surface area contributed by atoms with Gasteiger partial charge in [-0.15, -0.1) is 0 Å². The van der Waals surface area contributed by atoms with Crippen LogP contribution in [0.1, 0.15) is 24.4 Å². The van der Waals surface area contributed by atoms with Gasteiger partial charge in [0, 0.05) is 11.4 Å². The number of hydrogen-bond acceptors (Lipinski definition) is 5. The second-order valence-electron chi connectivity index (χ2n) is 4.43. The highest BCUT2D eigenvalue weighted by atomic mass is 16.3. The molecule has 19 heavy (non-hydrogen) atoms. The Hall–Kier alpha value is -1.98. The van der Waals surface area contributed by atoms with Crippen LogP contribution in [0, 0.1) is 6.92 Å². The van der Waals surface area contributed by atoms with Gasteiger partial charge in [-0.25, -0.2) is 9.97 Å². The van der Waals surface area contributed by atoms with Crippen molar-refractivity contribution in [1.82, 2.24) is 9.97 Å². The molecule has 0 spiro atoms. The zero-order chi connectivity index (χ0) is 13.8. The third-order valence-electron chi connectivity index (χ3n) is 2.66. The van der Waals surface area contributed by atoms with Crippen molar-refractivity contribution >= 4 is 11.6 Å². The van der Waals surface area contributed by atoms with Gasteiger partial charge in [-0.1, -0.05) is 18.2 Å². The van der Waals surface area contributed by atoms with Crippen molar-refractivity contribution in [3.8, 4) is 0 Å². The average molecular weight is 259 g/mol. The van der Waals surface area contributed by atoms with Crippen molar-refractivity contribution in [2.24, 2.45) is 0 Å². The first kappa shape index (κ1) is 13.5. The van der Waals surface area contributed by atoms with Gasteiger partial charge in [-0.3, -0.25) is 0 Å². The van der Waals surface area contributed by atoms with Crippen molar-refractivity contribution in [3.05, 3.63) is 47.8 Å². The Kier molecular flexibility index (Phi) is 4.09. The number of nitrogens with one attached hydrogen (secondary N) is 1. The molecule has 2 atom stereocenters. The minimum absolute atomic E-state index is 0.404. The second-order valence-corrected chi connectivity index (χ2v) is 4.43. The fourth-order valence-electron chi connectivity index (χ4n) is 1.70. The fourth-order valence-corrected chi connectivity index (χ4v) is 1.70. The molecule has 1 aromatic heterocycles. The summed E-state index contributed by atoms with van der Waals surface area (Å²) >= 11 is 0. The van der Waals surface area contributed by atoms with E-state index in [1.807, 2.05) is 37.3 Å². The summed E-state index contributed by atoms with van der Waals surface area (Å²) in [4.78, 5) is 8.47. The van der Waals surface area contributed by atoms with Crippen molar-refractivity contribution in [1.29, 1.82) is 0 Å². The summed E-state index contributed by atoms with van der Waals surface area (Å²) in [6.45, 7) is 3.34. The Morgan fingerprint density at radius 3 is 2.42 bits per heavy atom. The second kappa shape index (κ2) is 5.77. The SMILES string of the molecule is Cc1cc(C(O)C(C)O)nc(Nc2ccccc2)n1. The minimum Gasteiger partial charge on any atom is -0.390 e. The number of hydrogen-bond donors (Lipinski definition) is 3. The summed E-state index contributed by atoms with van der Waals surface area (Å²) < 4.78 is 0. The van der Waals surface area contributed by atoms with E-state index >= 15 is 0 Å². The molecule has 1 aromatic carbocycles. The van der Waals surface area contributed by atoms with E-state index < -0.39 is 12.2 Å². The molecule has 0 fully saturated rings. The highest BCUT2D eigenvalue weighted by molar-refractivity contribution is 5.52. The summed E-state index contributed by atoms with van der Waals surface area (Å²) in [5, 5.41) is 22.3.